The number of nitrogens with zero attached hydrogens (tertiary/aromatic N) is 2. The number of carbonyl (C=O) groups is 1. The first-order chi connectivity index (χ1) is 12.8. The third kappa shape index (κ3) is 2.71. The molecule has 10 heteroatoms. The van der Waals surface area contributed by atoms with Gasteiger partial charge in [0.1, 0.15) is 4.90 Å². The number of amides is 1. The van der Waals surface area contributed by atoms with Gasteiger partial charge in [0.25, 0.3) is 15.9 Å². The summed E-state index contributed by atoms with van der Waals surface area (Å²) in [5.41, 5.74) is -0.317. The highest BCUT2D eigenvalue weighted by molar-refractivity contribution is 7.89. The number of thiophene rings is 1. The summed E-state index contributed by atoms with van der Waals surface area (Å²) in [5.74, 6) is -1.08. The van der Waals surface area contributed by atoms with Crippen LogP contribution >= 0.6 is 22.7 Å². The van der Waals surface area contributed by atoms with Gasteiger partial charge in [0, 0.05) is 28.2 Å². The molecular weight excluding hydrogens is 406 g/mol. The van der Waals surface area contributed by atoms with E-state index in [-0.39, 0.29) is 21.2 Å². The van der Waals surface area contributed by atoms with Crippen molar-refractivity contribution in [2.45, 2.75) is 18.2 Å². The molecule has 0 fully saturated rings. The number of carbonyl (C=O) groups excluding carboxylic acids is 1. The number of rotatable bonds is 3. The van der Waals surface area contributed by atoms with Gasteiger partial charge in [0.15, 0.2) is 16.6 Å². The van der Waals surface area contributed by atoms with E-state index in [0.717, 1.165) is 31.6 Å². The van der Waals surface area contributed by atoms with Crippen LogP contribution in [0.3, 0.4) is 0 Å². The SMILES string of the molecule is CCc1cnc(NC(=O)C2=C(O)c3sc4ccccc4c3S(=O)(=O)N2C)s1. The number of aliphatic hydroxyl groups excluding tert-OH is 1. The van der Waals surface area contributed by atoms with Crippen molar-refractivity contribution < 1.29 is 18.3 Å². The van der Waals surface area contributed by atoms with Crippen molar-refractivity contribution in [3.05, 3.63) is 45.9 Å². The molecule has 1 amide bonds. The molecule has 7 nitrogen and oxygen atoms in total. The molecule has 1 aromatic carbocycles. The number of aryl methyl sites for hydroxylation is 1. The molecule has 140 valence electrons. The van der Waals surface area contributed by atoms with Gasteiger partial charge in [-0.2, -0.15) is 0 Å². The Balaban J connectivity index is 1.84. The van der Waals surface area contributed by atoms with Gasteiger partial charge in [-0.3, -0.25) is 14.4 Å². The zero-order chi connectivity index (χ0) is 19.3. The molecule has 2 N–H and O–H groups in total. The van der Waals surface area contributed by atoms with Crippen LogP contribution in [0.2, 0.25) is 0 Å². The van der Waals surface area contributed by atoms with Gasteiger partial charge in [-0.15, -0.1) is 22.7 Å². The minimum absolute atomic E-state index is 0.0298. The monoisotopic (exact) mass is 421 g/mol. The summed E-state index contributed by atoms with van der Waals surface area (Å²) in [4.78, 5) is 18.0. The number of nitrogens with one attached hydrogen (secondary N) is 1. The number of thiazole rings is 1. The summed E-state index contributed by atoms with van der Waals surface area (Å²) in [7, 11) is -2.72. The van der Waals surface area contributed by atoms with E-state index in [9.17, 15) is 18.3 Å². The zero-order valence-corrected chi connectivity index (χ0v) is 16.8. The lowest BCUT2D eigenvalue weighted by Crippen LogP contribution is -2.36. The maximum atomic E-state index is 13.0. The van der Waals surface area contributed by atoms with Gasteiger partial charge in [0.2, 0.25) is 0 Å². The third-order valence-electron chi connectivity index (χ3n) is 4.26. The van der Waals surface area contributed by atoms with Crippen LogP contribution in [0.15, 0.2) is 41.1 Å². The quantitative estimate of drug-likeness (QED) is 0.675. The summed E-state index contributed by atoms with van der Waals surface area (Å²) in [6.45, 7) is 1.97. The largest absolute Gasteiger partial charge is 0.504 e. The van der Waals surface area contributed by atoms with Crippen LogP contribution in [0.4, 0.5) is 5.13 Å². The molecule has 3 heterocycles. The Labute approximate surface area is 163 Å². The van der Waals surface area contributed by atoms with Gasteiger partial charge in [-0.25, -0.2) is 13.4 Å². The molecular formula is C17H15N3O4S3. The Hall–Kier alpha value is -2.43. The number of likely N-dealkylation sites (N-methyl/N-ethyl adjacent to an activating group) is 1. The van der Waals surface area contributed by atoms with E-state index >= 15 is 0 Å². The molecule has 4 rings (SSSR count). The normalized spacial score (nSPS) is 15.9. The number of hydrogen-bond acceptors (Lipinski definition) is 7. The number of hydrogen-bond donors (Lipinski definition) is 2. The molecule has 0 saturated heterocycles. The Bertz CT molecular complexity index is 1210. The lowest BCUT2D eigenvalue weighted by atomic mass is 10.2. The van der Waals surface area contributed by atoms with E-state index < -0.39 is 15.9 Å². The van der Waals surface area contributed by atoms with Crippen LogP contribution in [0.25, 0.3) is 15.8 Å². The maximum Gasteiger partial charge on any atom is 0.278 e. The van der Waals surface area contributed by atoms with E-state index in [2.05, 4.69) is 10.3 Å². The first-order valence-corrected chi connectivity index (χ1v) is 11.1. The van der Waals surface area contributed by atoms with Crippen LogP contribution in [0, 0.1) is 0 Å². The zero-order valence-electron chi connectivity index (χ0n) is 14.4. The lowest BCUT2D eigenvalue weighted by Gasteiger charge is -2.26. The molecule has 3 aromatic rings. The Morgan fingerprint density at radius 3 is 2.74 bits per heavy atom. The fourth-order valence-electron chi connectivity index (χ4n) is 2.88. The van der Waals surface area contributed by atoms with Crippen LogP contribution in [-0.2, 0) is 21.2 Å². The third-order valence-corrected chi connectivity index (χ3v) is 8.47. The number of anilines is 1. The van der Waals surface area contributed by atoms with Gasteiger partial charge < -0.3 is 5.11 Å². The van der Waals surface area contributed by atoms with Gasteiger partial charge in [-0.05, 0) is 12.5 Å². The van der Waals surface area contributed by atoms with Crippen molar-refractivity contribution in [1.82, 2.24) is 9.29 Å². The topological polar surface area (TPSA) is 99.6 Å². The number of benzene rings is 1. The van der Waals surface area contributed by atoms with Crippen LogP contribution in [0.1, 0.15) is 16.7 Å². The molecule has 0 radical (unpaired) electrons. The molecule has 0 atom stereocenters. The van der Waals surface area contributed by atoms with E-state index in [0.29, 0.717) is 10.5 Å². The highest BCUT2D eigenvalue weighted by Crippen LogP contribution is 2.44. The molecule has 0 bridgehead atoms. The Kier molecular flexibility index (Phi) is 4.21. The van der Waals surface area contributed by atoms with Gasteiger partial charge in [0.05, 0.1) is 4.88 Å². The lowest BCUT2D eigenvalue weighted by molar-refractivity contribution is -0.113. The van der Waals surface area contributed by atoms with Crippen LogP contribution < -0.4 is 5.32 Å². The van der Waals surface area contributed by atoms with E-state index in [1.54, 1.807) is 30.5 Å². The Morgan fingerprint density at radius 2 is 2.04 bits per heavy atom. The summed E-state index contributed by atoms with van der Waals surface area (Å²) in [5, 5.41) is 14.2. The second kappa shape index (κ2) is 6.32. The molecule has 27 heavy (non-hydrogen) atoms. The second-order valence-corrected chi connectivity index (χ2v) is 9.94. The standard InChI is InChI=1S/C17H15N3O4S3/c1-3-9-8-18-17(25-9)19-16(22)12-13(21)14-15(27(23,24)20(12)2)10-6-4-5-7-11(10)26-14/h4-8,21H,3H2,1-2H3,(H,18,19,22). The summed E-state index contributed by atoms with van der Waals surface area (Å²) >= 11 is 2.44. The van der Waals surface area contributed by atoms with Crippen molar-refractivity contribution in [3.63, 3.8) is 0 Å². The first-order valence-electron chi connectivity index (χ1n) is 8.04. The average molecular weight is 422 g/mol. The van der Waals surface area contributed by atoms with Crippen molar-refractivity contribution in [3.8, 4) is 0 Å². The van der Waals surface area contributed by atoms with Crippen molar-refractivity contribution in [2.75, 3.05) is 12.4 Å². The molecule has 0 saturated carbocycles. The highest BCUT2D eigenvalue weighted by atomic mass is 32.2. The first kappa shape index (κ1) is 18.0. The fourth-order valence-corrected chi connectivity index (χ4v) is 6.65. The highest BCUT2D eigenvalue weighted by Gasteiger charge is 2.40. The van der Waals surface area contributed by atoms with Crippen LogP contribution in [-0.4, -0.2) is 35.8 Å². The molecule has 1 aliphatic rings. The summed E-state index contributed by atoms with van der Waals surface area (Å²) in [6.07, 6.45) is 2.43. The van der Waals surface area contributed by atoms with Crippen molar-refractivity contribution in [2.24, 2.45) is 0 Å². The average Bonchev–Trinajstić information content (AvgIpc) is 3.25. The maximum absolute atomic E-state index is 13.0. The minimum atomic E-state index is -3.97. The molecule has 1 aliphatic heterocycles. The minimum Gasteiger partial charge on any atom is -0.504 e. The predicted molar refractivity (Wildman–Crippen MR) is 106 cm³/mol. The fraction of sp³-hybridized carbons (Fsp3) is 0.176. The van der Waals surface area contributed by atoms with E-state index in [1.165, 1.54) is 18.4 Å². The molecule has 2 aromatic heterocycles. The predicted octanol–water partition coefficient (Wildman–Crippen LogP) is 3.42. The summed E-state index contributed by atoms with van der Waals surface area (Å²) < 4.78 is 27.6. The number of sulfonamides is 1. The molecule has 0 unspecified atom stereocenters. The number of aromatic nitrogens is 1. The molecule has 0 spiro atoms. The molecule has 0 aliphatic carbocycles. The van der Waals surface area contributed by atoms with Crippen molar-refractivity contribution >= 4 is 59.6 Å². The van der Waals surface area contributed by atoms with Crippen LogP contribution in [0.5, 0.6) is 0 Å². The second-order valence-electron chi connectivity index (χ2n) is 5.87. The van der Waals surface area contributed by atoms with Crippen molar-refractivity contribution in [1.29, 1.82) is 0 Å². The van der Waals surface area contributed by atoms with Gasteiger partial charge in [-0.1, -0.05) is 25.1 Å². The summed E-state index contributed by atoms with van der Waals surface area (Å²) in [6, 6.07) is 7.00. The van der Waals surface area contributed by atoms with Gasteiger partial charge >= 0.3 is 0 Å². The number of aliphatic hydroxyl groups is 1. The Morgan fingerprint density at radius 1 is 1.30 bits per heavy atom. The van der Waals surface area contributed by atoms with E-state index in [1.807, 2.05) is 6.92 Å². The number of fused-ring (bicyclic) bond motifs is 3. The smallest absolute Gasteiger partial charge is 0.278 e. The van der Waals surface area contributed by atoms with E-state index in [4.69, 9.17) is 0 Å².